The van der Waals surface area contributed by atoms with Gasteiger partial charge in [-0.25, -0.2) is 4.79 Å². The van der Waals surface area contributed by atoms with Crippen LogP contribution < -0.4 is 10.1 Å². The fourth-order valence-corrected chi connectivity index (χ4v) is 2.80. The molecule has 1 heterocycles. The van der Waals surface area contributed by atoms with Crippen LogP contribution in [0.1, 0.15) is 39.1 Å². The fourth-order valence-electron chi connectivity index (χ4n) is 2.80. The Labute approximate surface area is 151 Å². The van der Waals surface area contributed by atoms with E-state index in [-0.39, 0.29) is 17.6 Å². The second-order valence-corrected chi connectivity index (χ2v) is 6.25. The van der Waals surface area contributed by atoms with Gasteiger partial charge in [0.25, 0.3) is 5.91 Å². The SMILES string of the molecule is Cc1cc(NC(=O)c2ccc(C(=O)O)cc2)ccc1OC1CCOCC1. The van der Waals surface area contributed by atoms with E-state index in [0.717, 1.165) is 37.4 Å². The molecular formula is C20H21NO5. The topological polar surface area (TPSA) is 84.9 Å². The molecule has 1 fully saturated rings. The maximum atomic E-state index is 12.3. The van der Waals surface area contributed by atoms with E-state index < -0.39 is 5.97 Å². The second-order valence-electron chi connectivity index (χ2n) is 6.25. The first-order valence-corrected chi connectivity index (χ1v) is 8.52. The maximum absolute atomic E-state index is 12.3. The molecule has 1 amide bonds. The monoisotopic (exact) mass is 355 g/mol. The molecule has 1 aliphatic rings. The molecule has 2 N–H and O–H groups in total. The molecule has 26 heavy (non-hydrogen) atoms. The molecular weight excluding hydrogens is 334 g/mol. The Morgan fingerprint density at radius 1 is 1.08 bits per heavy atom. The smallest absolute Gasteiger partial charge is 0.335 e. The highest BCUT2D eigenvalue weighted by atomic mass is 16.5. The van der Waals surface area contributed by atoms with E-state index in [1.165, 1.54) is 24.3 Å². The van der Waals surface area contributed by atoms with Gasteiger partial charge in [0, 0.05) is 24.1 Å². The standard InChI is InChI=1S/C20H21NO5/c1-13-12-16(6-7-18(13)26-17-8-10-25-11-9-17)21-19(22)14-2-4-15(5-3-14)20(23)24/h2-7,12,17H,8-11H2,1H3,(H,21,22)(H,23,24). The van der Waals surface area contributed by atoms with Gasteiger partial charge in [0.05, 0.1) is 18.8 Å². The molecule has 0 bridgehead atoms. The van der Waals surface area contributed by atoms with Crippen molar-refractivity contribution in [2.24, 2.45) is 0 Å². The minimum atomic E-state index is -1.02. The Balaban J connectivity index is 1.64. The molecule has 0 spiro atoms. The quantitative estimate of drug-likeness (QED) is 0.857. The van der Waals surface area contributed by atoms with Crippen LogP contribution in [-0.4, -0.2) is 36.3 Å². The molecule has 6 nitrogen and oxygen atoms in total. The van der Waals surface area contributed by atoms with E-state index in [0.29, 0.717) is 11.3 Å². The van der Waals surface area contributed by atoms with Crippen LogP contribution >= 0.6 is 0 Å². The number of nitrogens with one attached hydrogen (secondary N) is 1. The minimum absolute atomic E-state index is 0.145. The van der Waals surface area contributed by atoms with Crippen LogP contribution in [0.25, 0.3) is 0 Å². The van der Waals surface area contributed by atoms with Gasteiger partial charge in [-0.3, -0.25) is 4.79 Å². The molecule has 2 aromatic carbocycles. The van der Waals surface area contributed by atoms with Gasteiger partial charge < -0.3 is 19.9 Å². The van der Waals surface area contributed by atoms with Crippen LogP contribution in [0, 0.1) is 6.92 Å². The van der Waals surface area contributed by atoms with Crippen LogP contribution in [0.2, 0.25) is 0 Å². The number of hydrogen-bond donors (Lipinski definition) is 2. The largest absolute Gasteiger partial charge is 0.490 e. The molecule has 0 aliphatic carbocycles. The summed E-state index contributed by atoms with van der Waals surface area (Å²) in [6.07, 6.45) is 1.92. The summed E-state index contributed by atoms with van der Waals surface area (Å²) in [6, 6.07) is 11.3. The fraction of sp³-hybridized carbons (Fsp3) is 0.300. The number of carboxylic acid groups (broad SMARTS) is 1. The molecule has 1 saturated heterocycles. The van der Waals surface area contributed by atoms with Crippen molar-refractivity contribution >= 4 is 17.6 Å². The number of carboxylic acids is 1. The Morgan fingerprint density at radius 2 is 1.73 bits per heavy atom. The van der Waals surface area contributed by atoms with Gasteiger partial charge in [-0.15, -0.1) is 0 Å². The van der Waals surface area contributed by atoms with Crippen molar-refractivity contribution in [3.63, 3.8) is 0 Å². The summed E-state index contributed by atoms with van der Waals surface area (Å²) >= 11 is 0. The summed E-state index contributed by atoms with van der Waals surface area (Å²) in [5, 5.41) is 11.7. The summed E-state index contributed by atoms with van der Waals surface area (Å²) in [4.78, 5) is 23.2. The molecule has 2 aromatic rings. The molecule has 0 atom stereocenters. The first kappa shape index (κ1) is 17.9. The highest BCUT2D eigenvalue weighted by Crippen LogP contribution is 2.25. The predicted molar refractivity (Wildman–Crippen MR) is 97.0 cm³/mol. The van der Waals surface area contributed by atoms with E-state index in [4.69, 9.17) is 14.6 Å². The van der Waals surface area contributed by atoms with E-state index in [2.05, 4.69) is 5.32 Å². The molecule has 3 rings (SSSR count). The number of anilines is 1. The van der Waals surface area contributed by atoms with Crippen molar-refractivity contribution in [1.82, 2.24) is 0 Å². The van der Waals surface area contributed by atoms with Gasteiger partial charge in [0.15, 0.2) is 0 Å². The zero-order valence-electron chi connectivity index (χ0n) is 14.5. The number of benzene rings is 2. The van der Waals surface area contributed by atoms with E-state index in [9.17, 15) is 9.59 Å². The summed E-state index contributed by atoms with van der Waals surface area (Å²) < 4.78 is 11.4. The lowest BCUT2D eigenvalue weighted by molar-refractivity contribution is 0.0253. The van der Waals surface area contributed by atoms with Gasteiger partial charge >= 0.3 is 5.97 Å². The van der Waals surface area contributed by atoms with Crippen molar-refractivity contribution in [2.75, 3.05) is 18.5 Å². The number of aromatic carboxylic acids is 1. The normalized spacial score (nSPS) is 14.7. The first-order valence-electron chi connectivity index (χ1n) is 8.52. The van der Waals surface area contributed by atoms with Crippen LogP contribution in [0.5, 0.6) is 5.75 Å². The molecule has 0 radical (unpaired) electrons. The van der Waals surface area contributed by atoms with Gasteiger partial charge in [0.1, 0.15) is 11.9 Å². The van der Waals surface area contributed by atoms with E-state index in [1.54, 1.807) is 6.07 Å². The number of ether oxygens (including phenoxy) is 2. The van der Waals surface area contributed by atoms with Crippen molar-refractivity contribution in [1.29, 1.82) is 0 Å². The summed E-state index contributed by atoms with van der Waals surface area (Å²) in [6.45, 7) is 3.38. The number of aryl methyl sites for hydroxylation is 1. The number of amides is 1. The summed E-state index contributed by atoms with van der Waals surface area (Å²) in [5.74, 6) is -0.507. The summed E-state index contributed by atoms with van der Waals surface area (Å²) in [5.41, 5.74) is 2.15. The van der Waals surface area contributed by atoms with Crippen LogP contribution in [0.4, 0.5) is 5.69 Å². The summed E-state index contributed by atoms with van der Waals surface area (Å²) in [7, 11) is 0. The number of carbonyl (C=O) groups is 2. The van der Waals surface area contributed by atoms with Gasteiger partial charge in [0.2, 0.25) is 0 Å². The average Bonchev–Trinajstić information content (AvgIpc) is 2.65. The lowest BCUT2D eigenvalue weighted by Crippen LogP contribution is -2.26. The van der Waals surface area contributed by atoms with Crippen molar-refractivity contribution < 1.29 is 24.2 Å². The third kappa shape index (κ3) is 4.40. The highest BCUT2D eigenvalue weighted by Gasteiger charge is 2.16. The zero-order valence-corrected chi connectivity index (χ0v) is 14.5. The molecule has 6 heteroatoms. The third-order valence-corrected chi connectivity index (χ3v) is 4.29. The lowest BCUT2D eigenvalue weighted by Gasteiger charge is -2.24. The van der Waals surface area contributed by atoms with Gasteiger partial charge in [-0.05, 0) is 55.0 Å². The zero-order chi connectivity index (χ0) is 18.5. The van der Waals surface area contributed by atoms with Gasteiger partial charge in [-0.1, -0.05) is 0 Å². The highest BCUT2D eigenvalue weighted by molar-refractivity contribution is 6.04. The maximum Gasteiger partial charge on any atom is 0.335 e. The molecule has 136 valence electrons. The van der Waals surface area contributed by atoms with E-state index in [1.807, 2.05) is 19.1 Å². The molecule has 1 aliphatic heterocycles. The van der Waals surface area contributed by atoms with E-state index >= 15 is 0 Å². The lowest BCUT2D eigenvalue weighted by atomic mass is 10.1. The van der Waals surface area contributed by atoms with Crippen molar-refractivity contribution in [3.8, 4) is 5.75 Å². The average molecular weight is 355 g/mol. The van der Waals surface area contributed by atoms with Crippen LogP contribution in [0.3, 0.4) is 0 Å². The predicted octanol–water partition coefficient (Wildman–Crippen LogP) is 3.50. The third-order valence-electron chi connectivity index (χ3n) is 4.29. The molecule has 0 aromatic heterocycles. The Kier molecular flexibility index (Phi) is 5.53. The van der Waals surface area contributed by atoms with Crippen LogP contribution in [0.15, 0.2) is 42.5 Å². The van der Waals surface area contributed by atoms with Crippen molar-refractivity contribution in [3.05, 3.63) is 59.2 Å². The Morgan fingerprint density at radius 3 is 2.35 bits per heavy atom. The number of hydrogen-bond acceptors (Lipinski definition) is 4. The van der Waals surface area contributed by atoms with Crippen molar-refractivity contribution in [2.45, 2.75) is 25.9 Å². The molecule has 0 saturated carbocycles. The molecule has 0 unspecified atom stereocenters. The second kappa shape index (κ2) is 8.01. The number of rotatable bonds is 5. The Hall–Kier alpha value is -2.86. The first-order chi connectivity index (χ1) is 12.5. The number of carbonyl (C=O) groups excluding carboxylic acids is 1. The van der Waals surface area contributed by atoms with Crippen LogP contribution in [-0.2, 0) is 4.74 Å². The van der Waals surface area contributed by atoms with Gasteiger partial charge in [-0.2, -0.15) is 0 Å². The minimum Gasteiger partial charge on any atom is -0.490 e. The Bertz CT molecular complexity index is 794.